The number of benzene rings is 1. The van der Waals surface area contributed by atoms with Gasteiger partial charge in [-0.05, 0) is 31.5 Å². The standard InChI is InChI=1S/C22H29N3O3S/c1-5-6-7-8-14(2)25-12-17(26)20(21(25)23)22-24-16(13-29-22)15-9-10-18(27-3)19(11-15)28-4/h9-11,13-14,23,26H,5-8,12H2,1-4H3/t14-/m0/s1. The first-order valence-corrected chi connectivity index (χ1v) is 10.8. The fourth-order valence-electron chi connectivity index (χ4n) is 3.56. The van der Waals surface area contributed by atoms with E-state index in [9.17, 15) is 5.11 Å². The van der Waals surface area contributed by atoms with Crippen LogP contribution < -0.4 is 9.47 Å². The molecule has 156 valence electrons. The minimum atomic E-state index is 0.221. The molecule has 0 saturated carbocycles. The molecular weight excluding hydrogens is 386 g/mol. The zero-order valence-electron chi connectivity index (χ0n) is 17.5. The van der Waals surface area contributed by atoms with Gasteiger partial charge in [-0.1, -0.05) is 26.2 Å². The third-order valence-corrected chi connectivity index (χ3v) is 6.15. The summed E-state index contributed by atoms with van der Waals surface area (Å²) < 4.78 is 10.7. The maximum atomic E-state index is 10.6. The molecule has 2 aromatic rings. The molecule has 0 bridgehead atoms. The lowest BCUT2D eigenvalue weighted by Crippen LogP contribution is -2.35. The van der Waals surface area contributed by atoms with Crippen molar-refractivity contribution in [2.24, 2.45) is 0 Å². The molecular formula is C22H29N3O3S. The van der Waals surface area contributed by atoms with Crippen molar-refractivity contribution in [1.82, 2.24) is 9.88 Å². The van der Waals surface area contributed by atoms with Gasteiger partial charge in [0.1, 0.15) is 16.6 Å². The van der Waals surface area contributed by atoms with Gasteiger partial charge in [-0.3, -0.25) is 5.41 Å². The Labute approximate surface area is 176 Å². The topological polar surface area (TPSA) is 78.7 Å². The Kier molecular flexibility index (Phi) is 6.79. The number of aromatic nitrogens is 1. The van der Waals surface area contributed by atoms with Crippen LogP contribution in [0.4, 0.5) is 0 Å². The second kappa shape index (κ2) is 9.31. The zero-order valence-corrected chi connectivity index (χ0v) is 18.3. The molecule has 0 fully saturated rings. The summed E-state index contributed by atoms with van der Waals surface area (Å²) in [6.07, 6.45) is 4.53. The van der Waals surface area contributed by atoms with E-state index in [4.69, 9.17) is 19.9 Å². The molecule has 1 atom stereocenters. The maximum absolute atomic E-state index is 10.6. The number of rotatable bonds is 9. The molecule has 29 heavy (non-hydrogen) atoms. The molecule has 0 amide bonds. The lowest BCUT2D eigenvalue weighted by Gasteiger charge is -2.26. The minimum Gasteiger partial charge on any atom is -0.510 e. The van der Waals surface area contributed by atoms with Crippen molar-refractivity contribution in [3.05, 3.63) is 34.3 Å². The minimum absolute atomic E-state index is 0.221. The molecule has 1 aromatic heterocycles. The van der Waals surface area contributed by atoms with E-state index in [1.807, 2.05) is 28.5 Å². The SMILES string of the molecule is CCCCC[C@H](C)N1CC(O)=C(c2nc(-c3ccc(OC)c(OC)c3)cs2)C1=N. The molecule has 0 aliphatic carbocycles. The highest BCUT2D eigenvalue weighted by molar-refractivity contribution is 7.11. The number of unbranched alkanes of at least 4 members (excludes halogenated alkanes) is 2. The molecule has 2 N–H and O–H groups in total. The number of aliphatic hydroxyl groups is 1. The number of aliphatic hydroxyl groups excluding tert-OH is 1. The van der Waals surface area contributed by atoms with Crippen LogP contribution in [0.5, 0.6) is 11.5 Å². The Balaban J connectivity index is 1.79. The summed E-state index contributed by atoms with van der Waals surface area (Å²) in [5.41, 5.74) is 2.23. The largest absolute Gasteiger partial charge is 0.510 e. The Morgan fingerprint density at radius 1 is 1.24 bits per heavy atom. The van der Waals surface area contributed by atoms with E-state index in [0.29, 0.717) is 34.5 Å². The number of nitrogens with one attached hydrogen (secondary N) is 1. The van der Waals surface area contributed by atoms with Gasteiger partial charge in [-0.15, -0.1) is 11.3 Å². The fraction of sp³-hybridized carbons (Fsp3) is 0.455. The number of methoxy groups -OCH3 is 2. The maximum Gasteiger partial charge on any atom is 0.161 e. The molecule has 2 heterocycles. The smallest absolute Gasteiger partial charge is 0.161 e. The first-order valence-electron chi connectivity index (χ1n) is 9.96. The van der Waals surface area contributed by atoms with Crippen LogP contribution in [0.2, 0.25) is 0 Å². The summed E-state index contributed by atoms with van der Waals surface area (Å²) in [4.78, 5) is 6.67. The van der Waals surface area contributed by atoms with E-state index in [2.05, 4.69) is 13.8 Å². The van der Waals surface area contributed by atoms with Crippen molar-refractivity contribution >= 4 is 22.7 Å². The van der Waals surface area contributed by atoms with Crippen molar-refractivity contribution in [1.29, 1.82) is 5.41 Å². The van der Waals surface area contributed by atoms with Gasteiger partial charge in [0.05, 0.1) is 32.0 Å². The molecule has 1 aliphatic rings. The van der Waals surface area contributed by atoms with Crippen molar-refractivity contribution in [2.45, 2.75) is 45.6 Å². The van der Waals surface area contributed by atoms with E-state index in [-0.39, 0.29) is 11.8 Å². The van der Waals surface area contributed by atoms with Gasteiger partial charge in [-0.25, -0.2) is 4.98 Å². The normalized spacial score (nSPS) is 15.2. The van der Waals surface area contributed by atoms with Crippen LogP contribution in [0, 0.1) is 5.41 Å². The van der Waals surface area contributed by atoms with Crippen molar-refractivity contribution in [3.8, 4) is 22.8 Å². The zero-order chi connectivity index (χ0) is 21.0. The van der Waals surface area contributed by atoms with E-state index < -0.39 is 0 Å². The first-order chi connectivity index (χ1) is 14.0. The third-order valence-electron chi connectivity index (χ3n) is 5.29. The van der Waals surface area contributed by atoms with Gasteiger partial charge < -0.3 is 19.5 Å². The summed E-state index contributed by atoms with van der Waals surface area (Å²) in [5.74, 6) is 1.89. The molecule has 1 aliphatic heterocycles. The lowest BCUT2D eigenvalue weighted by atomic mass is 10.1. The van der Waals surface area contributed by atoms with Gasteiger partial charge in [0, 0.05) is 17.0 Å². The van der Waals surface area contributed by atoms with Crippen molar-refractivity contribution < 1.29 is 14.6 Å². The van der Waals surface area contributed by atoms with Crippen LogP contribution in [0.15, 0.2) is 29.3 Å². The Hall–Kier alpha value is -2.54. The summed E-state index contributed by atoms with van der Waals surface area (Å²) in [6.45, 7) is 4.69. The molecule has 0 unspecified atom stereocenters. The molecule has 0 radical (unpaired) electrons. The molecule has 1 aromatic carbocycles. The average molecular weight is 416 g/mol. The van der Waals surface area contributed by atoms with Gasteiger partial charge in [0.15, 0.2) is 11.5 Å². The lowest BCUT2D eigenvalue weighted by molar-refractivity contribution is 0.292. The number of ether oxygens (including phenoxy) is 2. The second-order valence-corrected chi connectivity index (χ2v) is 8.11. The molecule has 0 saturated heterocycles. The summed E-state index contributed by atoms with van der Waals surface area (Å²) in [7, 11) is 3.21. The van der Waals surface area contributed by atoms with Crippen LogP contribution in [-0.2, 0) is 0 Å². The number of nitrogens with zero attached hydrogens (tertiary/aromatic N) is 2. The number of hydrogen-bond acceptors (Lipinski definition) is 6. The number of amidine groups is 1. The van der Waals surface area contributed by atoms with E-state index in [1.165, 1.54) is 24.2 Å². The summed E-state index contributed by atoms with van der Waals surface area (Å²) in [5, 5.41) is 21.8. The third kappa shape index (κ3) is 4.40. The predicted molar refractivity (Wildman–Crippen MR) is 118 cm³/mol. The molecule has 0 spiro atoms. The summed E-state index contributed by atoms with van der Waals surface area (Å²) in [6, 6.07) is 5.88. The van der Waals surface area contributed by atoms with Crippen molar-refractivity contribution in [3.63, 3.8) is 0 Å². The Morgan fingerprint density at radius 3 is 2.69 bits per heavy atom. The van der Waals surface area contributed by atoms with E-state index in [0.717, 1.165) is 24.1 Å². The van der Waals surface area contributed by atoms with Gasteiger partial charge in [-0.2, -0.15) is 0 Å². The van der Waals surface area contributed by atoms with Gasteiger partial charge in [0.25, 0.3) is 0 Å². The van der Waals surface area contributed by atoms with Gasteiger partial charge >= 0.3 is 0 Å². The van der Waals surface area contributed by atoms with Crippen LogP contribution in [0.3, 0.4) is 0 Å². The van der Waals surface area contributed by atoms with Crippen LogP contribution in [0.25, 0.3) is 16.8 Å². The molecule has 7 heteroatoms. The number of thiazole rings is 1. The monoisotopic (exact) mass is 415 g/mol. The number of hydrogen-bond donors (Lipinski definition) is 2. The van der Waals surface area contributed by atoms with E-state index >= 15 is 0 Å². The first kappa shape index (κ1) is 21.2. The van der Waals surface area contributed by atoms with Crippen LogP contribution >= 0.6 is 11.3 Å². The summed E-state index contributed by atoms with van der Waals surface area (Å²) >= 11 is 1.44. The van der Waals surface area contributed by atoms with Crippen molar-refractivity contribution in [2.75, 3.05) is 20.8 Å². The Bertz CT molecular complexity index is 906. The fourth-order valence-corrected chi connectivity index (χ4v) is 4.46. The second-order valence-electron chi connectivity index (χ2n) is 7.25. The van der Waals surface area contributed by atoms with E-state index in [1.54, 1.807) is 14.2 Å². The molecule has 3 rings (SSSR count). The highest BCUT2D eigenvalue weighted by Gasteiger charge is 2.32. The highest BCUT2D eigenvalue weighted by atomic mass is 32.1. The predicted octanol–water partition coefficient (Wildman–Crippen LogP) is 5.36. The van der Waals surface area contributed by atoms with Crippen LogP contribution in [0.1, 0.15) is 44.5 Å². The quantitative estimate of drug-likeness (QED) is 0.539. The average Bonchev–Trinajstić information content (AvgIpc) is 3.31. The van der Waals surface area contributed by atoms with Gasteiger partial charge in [0.2, 0.25) is 0 Å². The Morgan fingerprint density at radius 2 is 2.00 bits per heavy atom. The van der Waals surface area contributed by atoms with Crippen LogP contribution in [-0.4, -0.2) is 47.6 Å². The molecule has 6 nitrogen and oxygen atoms in total. The highest BCUT2D eigenvalue weighted by Crippen LogP contribution is 2.36.